The first kappa shape index (κ1) is 18.2. The predicted octanol–water partition coefficient (Wildman–Crippen LogP) is -1.03. The molecule has 10 nitrogen and oxygen atoms in total. The van der Waals surface area contributed by atoms with Crippen LogP contribution in [-0.2, 0) is 14.2 Å². The average molecular weight is 290 g/mol. The first-order valence-corrected chi connectivity index (χ1v) is 5.71. The Morgan fingerprint density at radius 3 is 1.50 bits per heavy atom. The third-order valence-corrected chi connectivity index (χ3v) is 2.26. The number of rotatable bonds is 6. The standard InChI is InChI=1S/C7H16O4.C3H6N6/c1-9-7(10-2,11-3)5-4-6-8;4-1-7-2(5)9-3(6)8-1/h8H,4-6H2,1-3H3;(H6,4,5,6,7,8,9). The molecule has 0 aliphatic carbocycles. The summed E-state index contributed by atoms with van der Waals surface area (Å²) in [4.78, 5) is 10.5. The second-order valence-corrected chi connectivity index (χ2v) is 3.53. The van der Waals surface area contributed by atoms with Gasteiger partial charge < -0.3 is 36.5 Å². The molecule has 0 amide bonds. The molecule has 1 rings (SSSR count). The van der Waals surface area contributed by atoms with Gasteiger partial charge >= 0.3 is 0 Å². The van der Waals surface area contributed by atoms with Crippen LogP contribution in [0.2, 0.25) is 0 Å². The van der Waals surface area contributed by atoms with Crippen LogP contribution in [0.15, 0.2) is 0 Å². The lowest BCUT2D eigenvalue weighted by molar-refractivity contribution is -0.355. The summed E-state index contributed by atoms with van der Waals surface area (Å²) < 4.78 is 14.9. The Labute approximate surface area is 117 Å². The molecule has 0 bridgehead atoms. The lowest BCUT2D eigenvalue weighted by Gasteiger charge is -2.28. The molecule has 0 radical (unpaired) electrons. The molecule has 0 saturated carbocycles. The Morgan fingerprint density at radius 1 is 0.900 bits per heavy atom. The Balaban J connectivity index is 0.000000367. The van der Waals surface area contributed by atoms with Gasteiger partial charge in [0.15, 0.2) is 0 Å². The van der Waals surface area contributed by atoms with E-state index in [2.05, 4.69) is 15.0 Å². The summed E-state index contributed by atoms with van der Waals surface area (Å²) in [6.45, 7) is 0.109. The van der Waals surface area contributed by atoms with Gasteiger partial charge in [0, 0.05) is 34.4 Å². The zero-order valence-corrected chi connectivity index (χ0v) is 11.9. The highest BCUT2D eigenvalue weighted by Gasteiger charge is 2.28. The molecule has 10 heteroatoms. The summed E-state index contributed by atoms with van der Waals surface area (Å²) in [5.41, 5.74) is 15.4. The summed E-state index contributed by atoms with van der Waals surface area (Å²) >= 11 is 0. The van der Waals surface area contributed by atoms with Crippen LogP contribution in [-0.4, -0.2) is 54.0 Å². The van der Waals surface area contributed by atoms with Crippen molar-refractivity contribution in [3.63, 3.8) is 0 Å². The number of aromatic nitrogens is 3. The van der Waals surface area contributed by atoms with E-state index >= 15 is 0 Å². The van der Waals surface area contributed by atoms with Gasteiger partial charge in [-0.2, -0.15) is 15.0 Å². The number of aliphatic hydroxyl groups excluding tert-OH is 1. The lowest BCUT2D eigenvalue weighted by Crippen LogP contribution is -2.36. The largest absolute Gasteiger partial charge is 0.396 e. The SMILES string of the molecule is COC(CCCO)(OC)OC.Nc1nc(N)nc(N)n1. The van der Waals surface area contributed by atoms with E-state index in [0.717, 1.165) is 0 Å². The maximum atomic E-state index is 8.55. The number of ether oxygens (including phenoxy) is 3. The molecular formula is C10H22N6O4. The van der Waals surface area contributed by atoms with Crippen molar-refractivity contribution in [2.75, 3.05) is 45.1 Å². The fourth-order valence-corrected chi connectivity index (χ4v) is 1.28. The van der Waals surface area contributed by atoms with E-state index in [-0.39, 0.29) is 24.5 Å². The van der Waals surface area contributed by atoms with Crippen LogP contribution < -0.4 is 17.2 Å². The third-order valence-electron chi connectivity index (χ3n) is 2.26. The lowest BCUT2D eigenvalue weighted by atomic mass is 10.3. The van der Waals surface area contributed by atoms with Gasteiger partial charge in [-0.15, -0.1) is 0 Å². The molecule has 116 valence electrons. The number of nitrogen functional groups attached to an aromatic ring is 3. The van der Waals surface area contributed by atoms with Gasteiger partial charge in [0.2, 0.25) is 17.8 Å². The molecule has 0 aliphatic heterocycles. The minimum absolute atomic E-state index is 0.0417. The van der Waals surface area contributed by atoms with Crippen molar-refractivity contribution in [3.8, 4) is 0 Å². The van der Waals surface area contributed by atoms with Crippen LogP contribution >= 0.6 is 0 Å². The van der Waals surface area contributed by atoms with Gasteiger partial charge in [-0.25, -0.2) is 0 Å². The highest BCUT2D eigenvalue weighted by atomic mass is 16.9. The number of aliphatic hydroxyl groups is 1. The van der Waals surface area contributed by atoms with Gasteiger partial charge in [-0.1, -0.05) is 0 Å². The van der Waals surface area contributed by atoms with Crippen LogP contribution in [0, 0.1) is 0 Å². The number of hydrogen-bond acceptors (Lipinski definition) is 10. The second-order valence-electron chi connectivity index (χ2n) is 3.53. The first-order chi connectivity index (χ1) is 9.42. The van der Waals surface area contributed by atoms with Crippen molar-refractivity contribution in [1.82, 2.24) is 15.0 Å². The highest BCUT2D eigenvalue weighted by molar-refractivity contribution is 5.33. The van der Waals surface area contributed by atoms with E-state index < -0.39 is 5.97 Å². The number of methoxy groups -OCH3 is 3. The minimum atomic E-state index is -0.983. The van der Waals surface area contributed by atoms with E-state index in [1.807, 2.05) is 0 Å². The van der Waals surface area contributed by atoms with Crippen molar-refractivity contribution in [3.05, 3.63) is 0 Å². The molecule has 0 aliphatic rings. The highest BCUT2D eigenvalue weighted by Crippen LogP contribution is 2.18. The monoisotopic (exact) mass is 290 g/mol. The van der Waals surface area contributed by atoms with Crippen molar-refractivity contribution in [2.24, 2.45) is 0 Å². The van der Waals surface area contributed by atoms with Crippen LogP contribution in [0.4, 0.5) is 17.8 Å². The summed E-state index contributed by atoms with van der Waals surface area (Å²) in [5, 5.41) is 8.55. The maximum Gasteiger partial charge on any atom is 0.282 e. The molecular weight excluding hydrogens is 268 g/mol. The van der Waals surface area contributed by atoms with Gasteiger partial charge in [0.05, 0.1) is 0 Å². The van der Waals surface area contributed by atoms with E-state index in [4.69, 9.17) is 36.5 Å². The summed E-state index contributed by atoms with van der Waals surface area (Å²) in [6, 6.07) is 0. The van der Waals surface area contributed by atoms with Crippen molar-refractivity contribution in [1.29, 1.82) is 0 Å². The minimum Gasteiger partial charge on any atom is -0.396 e. The second kappa shape index (κ2) is 9.20. The first-order valence-electron chi connectivity index (χ1n) is 5.71. The Hall–Kier alpha value is -1.75. The number of nitrogens with two attached hydrogens (primary N) is 3. The molecule has 0 saturated heterocycles. The predicted molar refractivity (Wildman–Crippen MR) is 73.1 cm³/mol. The smallest absolute Gasteiger partial charge is 0.282 e. The molecule has 7 N–H and O–H groups in total. The summed E-state index contributed by atoms with van der Waals surface area (Å²) in [6.07, 6.45) is 1.11. The molecule has 20 heavy (non-hydrogen) atoms. The van der Waals surface area contributed by atoms with E-state index in [1.54, 1.807) is 0 Å². The fraction of sp³-hybridized carbons (Fsp3) is 0.700. The van der Waals surface area contributed by atoms with Crippen LogP contribution in [0.3, 0.4) is 0 Å². The van der Waals surface area contributed by atoms with Gasteiger partial charge in [-0.05, 0) is 6.42 Å². The maximum absolute atomic E-state index is 8.55. The quantitative estimate of drug-likeness (QED) is 0.476. The molecule has 0 atom stereocenters. The van der Waals surface area contributed by atoms with E-state index in [9.17, 15) is 0 Å². The molecule has 0 spiro atoms. The normalized spacial score (nSPS) is 10.8. The summed E-state index contributed by atoms with van der Waals surface area (Å²) in [7, 11) is 4.51. The number of hydrogen-bond donors (Lipinski definition) is 4. The zero-order valence-electron chi connectivity index (χ0n) is 11.9. The van der Waals surface area contributed by atoms with Crippen molar-refractivity contribution < 1.29 is 19.3 Å². The van der Waals surface area contributed by atoms with Gasteiger partial charge in [0.25, 0.3) is 5.97 Å². The van der Waals surface area contributed by atoms with Crippen LogP contribution in [0.5, 0.6) is 0 Å². The Bertz CT molecular complexity index is 329. The molecule has 1 aromatic heterocycles. The average Bonchev–Trinajstić information content (AvgIpc) is 2.40. The molecule has 0 aromatic carbocycles. The Kier molecular flexibility index (Phi) is 8.40. The number of anilines is 3. The molecule has 1 aromatic rings. The fourth-order valence-electron chi connectivity index (χ4n) is 1.28. The van der Waals surface area contributed by atoms with Gasteiger partial charge in [0.1, 0.15) is 0 Å². The van der Waals surface area contributed by atoms with Crippen molar-refractivity contribution >= 4 is 17.8 Å². The van der Waals surface area contributed by atoms with Crippen molar-refractivity contribution in [2.45, 2.75) is 18.8 Å². The topological polar surface area (TPSA) is 165 Å². The number of nitrogens with zero attached hydrogens (tertiary/aromatic N) is 3. The Morgan fingerprint density at radius 2 is 1.25 bits per heavy atom. The molecule has 0 unspecified atom stereocenters. The third kappa shape index (κ3) is 6.43. The van der Waals surface area contributed by atoms with E-state index in [1.165, 1.54) is 21.3 Å². The van der Waals surface area contributed by atoms with Gasteiger partial charge in [-0.3, -0.25) is 0 Å². The van der Waals surface area contributed by atoms with E-state index in [0.29, 0.717) is 12.8 Å². The molecule has 1 heterocycles. The van der Waals surface area contributed by atoms with Crippen LogP contribution in [0.1, 0.15) is 12.8 Å². The van der Waals surface area contributed by atoms with Crippen LogP contribution in [0.25, 0.3) is 0 Å². The summed E-state index contributed by atoms with van der Waals surface area (Å²) in [5.74, 6) is -0.858. The zero-order chi connectivity index (χ0) is 15.6. The molecule has 0 fully saturated rings.